The Hall–Kier alpha value is -3.12. The van der Waals surface area contributed by atoms with Gasteiger partial charge in [-0.15, -0.1) is 49.2 Å². The van der Waals surface area contributed by atoms with E-state index in [1.54, 1.807) is 12.1 Å². The molecule has 0 fully saturated rings. The molecule has 0 atom stereocenters. The van der Waals surface area contributed by atoms with Crippen LogP contribution in [0.25, 0.3) is 65.3 Å². The molecule has 7 aromatic rings. The van der Waals surface area contributed by atoms with Crippen LogP contribution in [0, 0.1) is 0 Å². The molecular formula is C34H2B20. The molecule has 0 aliphatic heterocycles. The Labute approximate surface area is 341 Å². The lowest BCUT2D eigenvalue weighted by Crippen LogP contribution is -2.52. The molecule has 7 rings (SSSR count). The van der Waals surface area contributed by atoms with E-state index in [1.165, 1.54) is 0 Å². The summed E-state index contributed by atoms with van der Waals surface area (Å²) in [4.78, 5) is 0. The van der Waals surface area contributed by atoms with E-state index in [4.69, 9.17) is 157 Å². The number of hydrogen-bond donors (Lipinski definition) is 0. The second kappa shape index (κ2) is 13.2. The summed E-state index contributed by atoms with van der Waals surface area (Å²) in [5.74, 6) is 0. The first-order valence-corrected chi connectivity index (χ1v) is 15.9. The summed E-state index contributed by atoms with van der Waals surface area (Å²) in [7, 11) is 132. The third-order valence-corrected chi connectivity index (χ3v) is 10.5. The molecule has 0 heterocycles. The van der Waals surface area contributed by atoms with Crippen LogP contribution in [0.5, 0.6) is 0 Å². The van der Waals surface area contributed by atoms with E-state index >= 15 is 0 Å². The zero-order valence-corrected chi connectivity index (χ0v) is 28.7. The van der Waals surface area contributed by atoms with Gasteiger partial charge in [0.25, 0.3) is 0 Å². The van der Waals surface area contributed by atoms with Gasteiger partial charge in [0.15, 0.2) is 0 Å². The average molecular weight is 627 g/mol. The first-order chi connectivity index (χ1) is 25.2. The van der Waals surface area contributed by atoms with E-state index in [9.17, 15) is 0 Å². The molecule has 0 saturated heterocycles. The monoisotopic (exact) mass is 630 g/mol. The van der Waals surface area contributed by atoms with Crippen LogP contribution in [-0.4, -0.2) is 157 Å². The Morgan fingerprint density at radius 3 is 0.963 bits per heavy atom. The molecule has 198 valence electrons. The molecule has 0 bridgehead atoms. The van der Waals surface area contributed by atoms with Crippen LogP contribution in [0.4, 0.5) is 0 Å². The number of hydrogen-bond acceptors (Lipinski definition) is 0. The van der Waals surface area contributed by atoms with Gasteiger partial charge in [-0.2, -0.15) is 0 Å². The predicted molar refractivity (Wildman–Crippen MR) is 255 cm³/mol. The van der Waals surface area contributed by atoms with Gasteiger partial charge in [-0.3, -0.25) is 0 Å². The van der Waals surface area contributed by atoms with Crippen molar-refractivity contribution < 1.29 is 0 Å². The highest BCUT2D eigenvalue weighted by Gasteiger charge is 2.28. The van der Waals surface area contributed by atoms with Crippen LogP contribution in [0.3, 0.4) is 0 Å². The molecule has 0 spiro atoms. The fourth-order valence-electron chi connectivity index (χ4n) is 7.58. The van der Waals surface area contributed by atoms with Crippen molar-refractivity contribution in [2.45, 2.75) is 0 Å². The highest BCUT2D eigenvalue weighted by molar-refractivity contribution is 6.75. The van der Waals surface area contributed by atoms with E-state index in [-0.39, 0.29) is 169 Å². The molecule has 0 N–H and O–H groups in total. The summed E-state index contributed by atoms with van der Waals surface area (Å²) in [5.41, 5.74) is 0.476. The van der Waals surface area contributed by atoms with Gasteiger partial charge in [0.05, 0.1) is 0 Å². The standard InChI is InChI=1S/C34H2B20/c35-5-1-3-7(8-4-2-6(36)18(38)22(42)10(4)23(43)30(50)21(8)41)12-13(25(45)32(52)31(51)24(12)44)11(9(3)20(40)17(5)37)14-19(39)15-16(27(47)26(14)46)29(49)34(54)33(53)28(15)48/h1-2H. The zero-order valence-electron chi connectivity index (χ0n) is 28.7. The van der Waals surface area contributed by atoms with Gasteiger partial charge in [0, 0.05) is 0 Å². The minimum Gasteiger partial charge on any atom is -0.110 e. The smallest absolute Gasteiger partial charge is 0.110 e. The van der Waals surface area contributed by atoms with E-state index < -0.39 is 0 Å². The Morgan fingerprint density at radius 2 is 0.481 bits per heavy atom. The van der Waals surface area contributed by atoms with Crippen LogP contribution in [0.2, 0.25) is 0 Å². The predicted octanol–water partition coefficient (Wildman–Crippen LogP) is -14.5. The lowest BCUT2D eigenvalue weighted by Gasteiger charge is -2.31. The lowest BCUT2D eigenvalue weighted by molar-refractivity contribution is 1.84. The van der Waals surface area contributed by atoms with Gasteiger partial charge < -0.3 is 0 Å². The highest BCUT2D eigenvalue weighted by atomic mass is 14.3. The molecule has 0 aliphatic carbocycles. The van der Waals surface area contributed by atoms with Gasteiger partial charge in [0.2, 0.25) is 0 Å². The van der Waals surface area contributed by atoms with Crippen LogP contribution in [0.15, 0.2) is 12.1 Å². The Bertz CT molecular complexity index is 2920. The van der Waals surface area contributed by atoms with E-state index in [0.29, 0.717) is 5.39 Å². The SMILES string of the molecule is [B]c1cc2c(-c3c4cc([B])c([B])c([B])c4c(-c4c([B])c([B])c5c([B])c([B])c([B])c([B])c5c4[B])c4c([B])c([B])c([B])c([B])c34)c([B])c([B])c([B])c2c([B])c1[B]. The van der Waals surface area contributed by atoms with Crippen LogP contribution >= 0.6 is 0 Å². The molecule has 0 unspecified atom stereocenters. The van der Waals surface area contributed by atoms with Gasteiger partial charge in [-0.1, -0.05) is 72.2 Å². The maximum absolute atomic E-state index is 7.01. The molecule has 7 aromatic carbocycles. The third-order valence-electron chi connectivity index (χ3n) is 10.5. The number of benzene rings is 7. The van der Waals surface area contributed by atoms with Gasteiger partial charge in [0.1, 0.15) is 157 Å². The molecule has 54 heavy (non-hydrogen) atoms. The fraction of sp³-hybridized carbons (Fsp3) is 0. The van der Waals surface area contributed by atoms with Crippen molar-refractivity contribution in [3.63, 3.8) is 0 Å². The molecule has 40 radical (unpaired) electrons. The maximum Gasteiger partial charge on any atom is 0.115 e. The normalized spacial score (nSPS) is 11.7. The summed E-state index contributed by atoms with van der Waals surface area (Å²) in [6.07, 6.45) is 0. The summed E-state index contributed by atoms with van der Waals surface area (Å²) in [6.45, 7) is 0. The summed E-state index contributed by atoms with van der Waals surface area (Å²) >= 11 is 0. The van der Waals surface area contributed by atoms with E-state index in [2.05, 4.69) is 0 Å². The van der Waals surface area contributed by atoms with Crippen molar-refractivity contribution in [1.29, 1.82) is 0 Å². The van der Waals surface area contributed by atoms with Gasteiger partial charge >= 0.3 is 0 Å². The zero-order chi connectivity index (χ0) is 39.9. The minimum absolute atomic E-state index is 0.00370. The van der Waals surface area contributed by atoms with Crippen molar-refractivity contribution in [1.82, 2.24) is 0 Å². The maximum atomic E-state index is 7.01. The van der Waals surface area contributed by atoms with Gasteiger partial charge in [-0.05, 0) is 65.3 Å². The molecule has 0 aromatic heterocycles. The van der Waals surface area contributed by atoms with E-state index in [0.717, 1.165) is 0 Å². The largest absolute Gasteiger partial charge is 0.115 e. The minimum atomic E-state index is -0.0869. The van der Waals surface area contributed by atoms with Crippen LogP contribution < -0.4 is 109 Å². The van der Waals surface area contributed by atoms with Crippen molar-refractivity contribution in [2.75, 3.05) is 0 Å². The van der Waals surface area contributed by atoms with Crippen molar-refractivity contribution in [3.8, 4) is 22.3 Å². The summed E-state index contributed by atoms with van der Waals surface area (Å²) in [5, 5.41) is 1.70. The summed E-state index contributed by atoms with van der Waals surface area (Å²) < 4.78 is 0. The van der Waals surface area contributed by atoms with E-state index in [1.807, 2.05) is 0 Å². The second-order valence-electron chi connectivity index (χ2n) is 13.2. The lowest BCUT2D eigenvalue weighted by atomic mass is 9.57. The number of fused-ring (bicyclic) bond motifs is 4. The molecule has 20 heteroatoms. The molecule has 0 saturated carbocycles. The Balaban J connectivity index is 1.91. The van der Waals surface area contributed by atoms with Crippen LogP contribution in [-0.2, 0) is 0 Å². The highest BCUT2D eigenvalue weighted by Crippen LogP contribution is 2.41. The summed E-state index contributed by atoms with van der Waals surface area (Å²) in [6, 6.07) is 3.09. The van der Waals surface area contributed by atoms with Crippen molar-refractivity contribution >= 4 is 309 Å². The fourth-order valence-corrected chi connectivity index (χ4v) is 7.58. The van der Waals surface area contributed by atoms with Crippen LogP contribution in [0.1, 0.15) is 0 Å². The third kappa shape index (κ3) is 5.06. The topological polar surface area (TPSA) is 0 Å². The Morgan fingerprint density at radius 1 is 0.185 bits per heavy atom. The molecular weight excluding hydrogens is 625 g/mol. The number of rotatable bonds is 2. The Kier molecular flexibility index (Phi) is 9.59. The van der Waals surface area contributed by atoms with Gasteiger partial charge in [-0.25, -0.2) is 0 Å². The molecule has 0 amide bonds. The van der Waals surface area contributed by atoms with Crippen molar-refractivity contribution in [3.05, 3.63) is 12.1 Å². The molecule has 0 nitrogen and oxygen atoms in total. The first-order valence-electron chi connectivity index (χ1n) is 15.9. The average Bonchev–Trinajstić information content (AvgIpc) is 3.13. The quantitative estimate of drug-likeness (QED) is 0.132. The second-order valence-corrected chi connectivity index (χ2v) is 13.2. The van der Waals surface area contributed by atoms with Crippen molar-refractivity contribution in [2.24, 2.45) is 0 Å². The first kappa shape index (κ1) is 39.1. The molecule has 0 aliphatic rings.